The predicted octanol–water partition coefficient (Wildman–Crippen LogP) is 3.27. The van der Waals surface area contributed by atoms with Gasteiger partial charge in [-0.2, -0.15) is 0 Å². The van der Waals surface area contributed by atoms with E-state index < -0.39 is 9.84 Å². The molecule has 0 saturated carbocycles. The lowest BCUT2D eigenvalue weighted by Gasteiger charge is -2.10. The van der Waals surface area contributed by atoms with Gasteiger partial charge in [-0.05, 0) is 49.9 Å². The second-order valence-electron chi connectivity index (χ2n) is 4.99. The molecule has 2 aromatic carbocycles. The van der Waals surface area contributed by atoms with Gasteiger partial charge in [-0.25, -0.2) is 8.42 Å². The van der Waals surface area contributed by atoms with Gasteiger partial charge >= 0.3 is 0 Å². The molecule has 0 spiro atoms. The van der Waals surface area contributed by atoms with Gasteiger partial charge in [0.15, 0.2) is 9.84 Å². The number of sulfone groups is 1. The zero-order chi connectivity index (χ0) is 15.5. The molecule has 0 aliphatic rings. The highest BCUT2D eigenvalue weighted by molar-refractivity contribution is 7.99. The Balaban J connectivity index is 2.26. The van der Waals surface area contributed by atoms with Gasteiger partial charge in [-0.3, -0.25) is 0 Å². The molecule has 0 aliphatic carbocycles. The highest BCUT2D eigenvalue weighted by atomic mass is 32.2. The van der Waals surface area contributed by atoms with Crippen LogP contribution in [0.3, 0.4) is 0 Å². The Kier molecular flexibility index (Phi) is 5.08. The van der Waals surface area contributed by atoms with E-state index >= 15 is 0 Å². The van der Waals surface area contributed by atoms with E-state index in [1.165, 1.54) is 22.3 Å². The Labute approximate surface area is 130 Å². The molecule has 2 rings (SSSR count). The maximum Gasteiger partial charge on any atom is 0.175 e. The van der Waals surface area contributed by atoms with Crippen LogP contribution in [0.1, 0.15) is 11.1 Å². The van der Waals surface area contributed by atoms with Crippen molar-refractivity contribution in [2.75, 3.05) is 13.3 Å². The number of aryl methyl sites for hydroxylation is 1. The zero-order valence-electron chi connectivity index (χ0n) is 12.4. The van der Waals surface area contributed by atoms with Gasteiger partial charge in [0, 0.05) is 22.6 Å². The van der Waals surface area contributed by atoms with E-state index in [1.807, 2.05) is 19.2 Å². The molecule has 21 heavy (non-hydrogen) atoms. The molecule has 112 valence electrons. The third-order valence-corrected chi connectivity index (χ3v) is 5.32. The third kappa shape index (κ3) is 4.33. The van der Waals surface area contributed by atoms with Gasteiger partial charge in [0.2, 0.25) is 0 Å². The maximum atomic E-state index is 11.5. The summed E-state index contributed by atoms with van der Waals surface area (Å²) in [5.74, 6) is 0. The first-order chi connectivity index (χ1) is 9.90. The highest BCUT2D eigenvalue weighted by Crippen LogP contribution is 2.31. The van der Waals surface area contributed by atoms with Crippen LogP contribution in [-0.4, -0.2) is 21.7 Å². The van der Waals surface area contributed by atoms with E-state index in [0.29, 0.717) is 4.90 Å². The van der Waals surface area contributed by atoms with Gasteiger partial charge in [0.25, 0.3) is 0 Å². The molecule has 0 heterocycles. The molecule has 2 aromatic rings. The summed E-state index contributed by atoms with van der Waals surface area (Å²) in [7, 11) is -1.21. The topological polar surface area (TPSA) is 46.2 Å². The molecule has 0 fully saturated rings. The van der Waals surface area contributed by atoms with E-state index in [2.05, 4.69) is 30.4 Å². The van der Waals surface area contributed by atoms with Gasteiger partial charge in [0.1, 0.15) is 0 Å². The van der Waals surface area contributed by atoms with Crippen LogP contribution in [0.25, 0.3) is 0 Å². The summed E-state index contributed by atoms with van der Waals surface area (Å²) in [6, 6.07) is 13.4. The fourth-order valence-corrected chi connectivity index (χ4v) is 3.57. The summed E-state index contributed by atoms with van der Waals surface area (Å²) in [6.45, 7) is 2.89. The van der Waals surface area contributed by atoms with Gasteiger partial charge in [0.05, 0.1) is 4.90 Å². The Morgan fingerprint density at radius 3 is 2.33 bits per heavy atom. The number of nitrogens with one attached hydrogen (secondary N) is 1. The average molecular weight is 321 g/mol. The molecule has 0 amide bonds. The molecule has 5 heteroatoms. The predicted molar refractivity (Wildman–Crippen MR) is 87.6 cm³/mol. The number of hydrogen-bond donors (Lipinski definition) is 1. The van der Waals surface area contributed by atoms with Gasteiger partial charge < -0.3 is 5.32 Å². The van der Waals surface area contributed by atoms with Crippen LogP contribution < -0.4 is 5.32 Å². The number of rotatable bonds is 5. The maximum absolute atomic E-state index is 11.5. The largest absolute Gasteiger partial charge is 0.316 e. The van der Waals surface area contributed by atoms with Crippen molar-refractivity contribution in [1.82, 2.24) is 5.32 Å². The molecule has 0 atom stereocenters. The zero-order valence-corrected chi connectivity index (χ0v) is 14.0. The first-order valence-electron chi connectivity index (χ1n) is 6.62. The van der Waals surface area contributed by atoms with E-state index in [9.17, 15) is 8.42 Å². The standard InChI is InChI=1S/C16H19NO2S2/c1-12-4-9-16(13(10-12)11-17-2)20-14-5-7-15(8-6-14)21(3,18)19/h4-10,17H,11H2,1-3H3. The molecular weight excluding hydrogens is 302 g/mol. The molecule has 0 radical (unpaired) electrons. The molecule has 0 bridgehead atoms. The first kappa shape index (κ1) is 16.1. The van der Waals surface area contributed by atoms with E-state index in [1.54, 1.807) is 23.9 Å². The minimum absolute atomic E-state index is 0.353. The van der Waals surface area contributed by atoms with Crippen molar-refractivity contribution in [3.8, 4) is 0 Å². The second-order valence-corrected chi connectivity index (χ2v) is 8.12. The monoisotopic (exact) mass is 321 g/mol. The van der Waals surface area contributed by atoms with E-state index in [-0.39, 0.29) is 0 Å². The van der Waals surface area contributed by atoms with Crippen LogP contribution >= 0.6 is 11.8 Å². The summed E-state index contributed by atoms with van der Waals surface area (Å²) in [4.78, 5) is 2.57. The minimum atomic E-state index is -3.13. The summed E-state index contributed by atoms with van der Waals surface area (Å²) < 4.78 is 22.9. The average Bonchev–Trinajstić information content (AvgIpc) is 2.42. The number of hydrogen-bond acceptors (Lipinski definition) is 4. The Bertz CT molecular complexity index is 722. The van der Waals surface area contributed by atoms with Crippen molar-refractivity contribution < 1.29 is 8.42 Å². The second kappa shape index (κ2) is 6.64. The molecule has 3 nitrogen and oxygen atoms in total. The SMILES string of the molecule is CNCc1cc(C)ccc1Sc1ccc(S(C)(=O)=O)cc1. The van der Waals surface area contributed by atoms with Crippen LogP contribution in [0.15, 0.2) is 57.2 Å². The van der Waals surface area contributed by atoms with Crippen molar-refractivity contribution in [3.63, 3.8) is 0 Å². The molecule has 1 N–H and O–H groups in total. The molecular formula is C16H19NO2S2. The summed E-state index contributed by atoms with van der Waals surface area (Å²) in [5.41, 5.74) is 2.48. The van der Waals surface area contributed by atoms with Crippen molar-refractivity contribution in [3.05, 3.63) is 53.6 Å². The van der Waals surface area contributed by atoms with Crippen molar-refractivity contribution in [1.29, 1.82) is 0 Å². The van der Waals surface area contributed by atoms with E-state index in [0.717, 1.165) is 11.4 Å². The molecule has 0 aliphatic heterocycles. The van der Waals surface area contributed by atoms with Crippen LogP contribution in [0, 0.1) is 6.92 Å². The van der Waals surface area contributed by atoms with Crippen LogP contribution in [0.5, 0.6) is 0 Å². The lowest BCUT2D eigenvalue weighted by molar-refractivity contribution is 0.602. The van der Waals surface area contributed by atoms with Gasteiger partial charge in [-0.1, -0.05) is 29.5 Å². The van der Waals surface area contributed by atoms with Gasteiger partial charge in [-0.15, -0.1) is 0 Å². The van der Waals surface area contributed by atoms with Crippen molar-refractivity contribution in [2.24, 2.45) is 0 Å². The Hall–Kier alpha value is -1.30. The summed E-state index contributed by atoms with van der Waals surface area (Å²) in [6.07, 6.45) is 1.22. The molecule has 0 unspecified atom stereocenters. The van der Waals surface area contributed by atoms with E-state index in [4.69, 9.17) is 0 Å². The quantitative estimate of drug-likeness (QED) is 0.918. The molecule has 0 saturated heterocycles. The first-order valence-corrected chi connectivity index (χ1v) is 9.33. The Morgan fingerprint density at radius 1 is 1.10 bits per heavy atom. The molecule has 0 aromatic heterocycles. The Morgan fingerprint density at radius 2 is 1.76 bits per heavy atom. The fourth-order valence-electron chi connectivity index (χ4n) is 2.02. The van der Waals surface area contributed by atoms with Crippen molar-refractivity contribution >= 4 is 21.6 Å². The normalized spacial score (nSPS) is 11.6. The summed E-state index contributed by atoms with van der Waals surface area (Å²) >= 11 is 1.65. The minimum Gasteiger partial charge on any atom is -0.316 e. The van der Waals surface area contributed by atoms with Crippen LogP contribution in [0.2, 0.25) is 0 Å². The van der Waals surface area contributed by atoms with Crippen LogP contribution in [-0.2, 0) is 16.4 Å². The summed E-state index contributed by atoms with van der Waals surface area (Å²) in [5, 5.41) is 3.17. The third-order valence-electron chi connectivity index (χ3n) is 3.06. The lowest BCUT2D eigenvalue weighted by Crippen LogP contribution is -2.06. The fraction of sp³-hybridized carbons (Fsp3) is 0.250. The smallest absolute Gasteiger partial charge is 0.175 e. The number of benzene rings is 2. The lowest BCUT2D eigenvalue weighted by atomic mass is 10.1. The highest BCUT2D eigenvalue weighted by Gasteiger charge is 2.08. The van der Waals surface area contributed by atoms with Crippen molar-refractivity contribution in [2.45, 2.75) is 28.2 Å². The van der Waals surface area contributed by atoms with Crippen LogP contribution in [0.4, 0.5) is 0 Å².